The number of nitrogens with two attached hydrogens (primary N) is 2. The van der Waals surface area contributed by atoms with Gasteiger partial charge >= 0.3 is 0 Å². The van der Waals surface area contributed by atoms with Crippen molar-refractivity contribution < 1.29 is 24.0 Å². The maximum atomic E-state index is 12.5. The van der Waals surface area contributed by atoms with Gasteiger partial charge in [0.05, 0.1) is 0 Å². The number of anilines is 1. The van der Waals surface area contributed by atoms with Crippen LogP contribution in [0.15, 0.2) is 115 Å². The third-order valence-electron chi connectivity index (χ3n) is 22.1. The Labute approximate surface area is 655 Å². The van der Waals surface area contributed by atoms with Gasteiger partial charge in [0.1, 0.15) is 13.1 Å². The lowest BCUT2D eigenvalue weighted by atomic mass is 10.0. The summed E-state index contributed by atoms with van der Waals surface area (Å²) in [5.41, 5.74) is 34.6. The molecule has 0 saturated carbocycles. The number of nitrogens with zero attached hydrogens (tertiary/aromatic N) is 12. The Hall–Kier alpha value is -8.96. The van der Waals surface area contributed by atoms with Gasteiger partial charge in [-0.3, -0.25) is 24.0 Å². The van der Waals surface area contributed by atoms with Gasteiger partial charge in [-0.1, -0.05) is 75.8 Å². The molecule has 5 aliphatic heterocycles. The number of nitrogens with one attached hydrogen (secondary N) is 1. The van der Waals surface area contributed by atoms with Gasteiger partial charge in [-0.2, -0.15) is 0 Å². The number of halogens is 3. The van der Waals surface area contributed by atoms with E-state index in [1.54, 1.807) is 38.0 Å². The van der Waals surface area contributed by atoms with Crippen molar-refractivity contribution in [3.8, 4) is 0 Å². The molecule has 11 aromatic rings. The average molecular weight is 1540 g/mol. The van der Waals surface area contributed by atoms with Gasteiger partial charge in [0, 0.05) is 268 Å². The van der Waals surface area contributed by atoms with Crippen molar-refractivity contribution in [2.24, 2.45) is 11.5 Å². The zero-order valence-electron chi connectivity index (χ0n) is 65.4. The third kappa shape index (κ3) is 18.3. The first-order chi connectivity index (χ1) is 52.1. The number of aromatic nitrogens is 5. The van der Waals surface area contributed by atoms with E-state index in [1.807, 2.05) is 78.2 Å². The van der Waals surface area contributed by atoms with E-state index in [1.165, 1.54) is 111 Å². The minimum Gasteiger partial charge on any atom is -0.370 e. The molecular weight excluding hydrogens is 1430 g/mol. The monoisotopic (exact) mass is 1530 g/mol. The highest BCUT2D eigenvalue weighted by atomic mass is 35.5. The second-order valence-corrected chi connectivity index (χ2v) is 32.2. The Balaban J connectivity index is 0.000000128. The summed E-state index contributed by atoms with van der Waals surface area (Å²) >= 11 is 18.5. The Morgan fingerprint density at radius 2 is 0.670 bits per heavy atom. The number of likely N-dealkylation sites (N-methyl/N-ethyl adjacent to an activating group) is 6. The quantitative estimate of drug-likeness (QED) is 0.0942. The van der Waals surface area contributed by atoms with Crippen LogP contribution in [0.2, 0.25) is 15.1 Å². The van der Waals surface area contributed by atoms with Crippen LogP contribution in [0.3, 0.4) is 0 Å². The topological polar surface area (TPSA) is 197 Å². The second-order valence-electron chi connectivity index (χ2n) is 30.9. The van der Waals surface area contributed by atoms with Crippen LogP contribution in [0.5, 0.6) is 0 Å². The molecule has 0 bridgehead atoms. The summed E-state index contributed by atoms with van der Waals surface area (Å²) < 4.78 is 11.2. The van der Waals surface area contributed by atoms with Crippen LogP contribution in [0.1, 0.15) is 92.2 Å². The van der Waals surface area contributed by atoms with Crippen LogP contribution in [0.4, 0.5) is 5.69 Å². The standard InChI is InChI=1S/C23H27N3O.C17H22ClN3O.C16H20ClN3O.C16H21N3O.C14H16ClN3O/c1-16-4-7-18(8-5-16)24-23(27)11-13-26-21-9-6-17(2)14-19(21)20-15-25(3)12-10-22(20)26;1-19(2)17(22)7-9-21-15-5-4-12(18)10-13(15)14-11-20(3)8-6-16(14)21;1-18(2)16(21)10-20-14-5-4-11(17)8-12(14)13-9-19(3)7-6-15(13)20;1-11-3-4-14-12(9-11)13-10-18(2)7-5-15(13)19(14)8-6-16(17)20;1-17-5-4-13-11(7-17)10-6-9(15)2-3-12(10)18(13)8-14(16)19/h4-9,14H,10-13,15H2,1-3H3,(H,24,27);4-5,10H,6-9,11H2,1-3H3;4-5,8H,6-7,9-10H2,1-3H3;3-4,9H,5-8,10H2,1-2H3,(H2,17,20);2-3,6H,4-5,7-8H2,1H3,(H2,16,19). The number of carbonyl (C=O) groups excluding carboxylic acids is 5. The van der Waals surface area contributed by atoms with Gasteiger partial charge in [-0.15, -0.1) is 0 Å². The van der Waals surface area contributed by atoms with Gasteiger partial charge in [0.2, 0.25) is 29.5 Å². The van der Waals surface area contributed by atoms with Gasteiger partial charge in [-0.05, 0) is 175 Å². The Morgan fingerprint density at radius 3 is 1.02 bits per heavy atom. The smallest absolute Gasteiger partial charge is 0.242 e. The molecule has 5 aliphatic rings. The summed E-state index contributed by atoms with van der Waals surface area (Å²) in [6, 6.07) is 39.0. The number of fused-ring (bicyclic) bond motifs is 15. The first-order valence-electron chi connectivity index (χ1n) is 37.9. The average Bonchev–Trinajstić information content (AvgIpc) is 1.64. The molecule has 5 aromatic heterocycles. The second kappa shape index (κ2) is 34.5. The minimum absolute atomic E-state index is 0.0643. The molecule has 0 aliphatic carbocycles. The zero-order valence-corrected chi connectivity index (χ0v) is 67.7. The molecule has 109 heavy (non-hydrogen) atoms. The van der Waals surface area contributed by atoms with E-state index in [0.29, 0.717) is 32.4 Å². The molecule has 576 valence electrons. The number of carbonyl (C=O) groups is 5. The normalized spacial score (nSPS) is 15.1. The maximum absolute atomic E-state index is 12.5. The van der Waals surface area contributed by atoms with E-state index in [-0.39, 0.29) is 36.1 Å². The largest absolute Gasteiger partial charge is 0.370 e. The lowest BCUT2D eigenvalue weighted by molar-refractivity contribution is -0.129. The third-order valence-corrected chi connectivity index (χ3v) is 22.8. The maximum Gasteiger partial charge on any atom is 0.242 e. The molecule has 0 saturated heterocycles. The number of hydrogen-bond acceptors (Lipinski definition) is 10. The Kier molecular flexibility index (Phi) is 25.2. The molecular formula is C86H106Cl3N15O5. The molecule has 0 atom stereocenters. The van der Waals surface area contributed by atoms with Gasteiger partial charge < -0.3 is 73.9 Å². The molecule has 0 radical (unpaired) electrons. The first kappa shape index (κ1) is 79.6. The van der Waals surface area contributed by atoms with Gasteiger partial charge in [0.15, 0.2) is 0 Å². The molecule has 5 N–H and O–H groups in total. The molecule has 6 aromatic carbocycles. The predicted octanol–water partition coefficient (Wildman–Crippen LogP) is 13.0. The lowest BCUT2D eigenvalue weighted by Gasteiger charge is -2.24. The molecule has 10 heterocycles. The molecule has 0 spiro atoms. The Morgan fingerprint density at radius 1 is 0.367 bits per heavy atom. The molecule has 0 unspecified atom stereocenters. The van der Waals surface area contributed by atoms with Crippen molar-refractivity contribution >= 4 is 125 Å². The fourth-order valence-corrected chi connectivity index (χ4v) is 16.9. The Bertz CT molecular complexity index is 5230. The van der Waals surface area contributed by atoms with E-state index in [2.05, 4.69) is 146 Å². The summed E-state index contributed by atoms with van der Waals surface area (Å²) in [5, 5.41) is 11.5. The number of amides is 5. The number of hydrogen-bond donors (Lipinski definition) is 3. The van der Waals surface area contributed by atoms with E-state index in [4.69, 9.17) is 46.3 Å². The summed E-state index contributed by atoms with van der Waals surface area (Å²) in [4.78, 5) is 73.9. The van der Waals surface area contributed by atoms with Crippen LogP contribution >= 0.6 is 34.8 Å². The summed E-state index contributed by atoms with van der Waals surface area (Å²) in [6.45, 7) is 19.0. The van der Waals surface area contributed by atoms with E-state index < -0.39 is 0 Å². The summed E-state index contributed by atoms with van der Waals surface area (Å²) in [6.07, 6.45) is 6.42. The van der Waals surface area contributed by atoms with Gasteiger partial charge in [0.25, 0.3) is 0 Å². The highest BCUT2D eigenvalue weighted by Gasteiger charge is 2.29. The van der Waals surface area contributed by atoms with E-state index in [9.17, 15) is 24.0 Å². The fourth-order valence-electron chi connectivity index (χ4n) is 16.4. The molecule has 23 heteroatoms. The van der Waals surface area contributed by atoms with Crippen LogP contribution in [-0.2, 0) is 122 Å². The number of aryl methyl sites for hydroxylation is 6. The number of benzene rings is 6. The predicted molar refractivity (Wildman–Crippen MR) is 444 cm³/mol. The van der Waals surface area contributed by atoms with Crippen molar-refractivity contribution in [1.82, 2.24) is 57.1 Å². The lowest BCUT2D eigenvalue weighted by Crippen LogP contribution is -2.30. The van der Waals surface area contributed by atoms with Crippen LogP contribution in [0, 0.1) is 20.8 Å². The van der Waals surface area contributed by atoms with Crippen LogP contribution in [-0.4, -0.2) is 183 Å². The number of rotatable bonds is 14. The van der Waals surface area contributed by atoms with Crippen LogP contribution in [0.25, 0.3) is 54.5 Å². The van der Waals surface area contributed by atoms with Crippen LogP contribution < -0.4 is 16.8 Å². The molecule has 0 fully saturated rings. The molecule has 16 rings (SSSR count). The van der Waals surface area contributed by atoms with Crippen molar-refractivity contribution in [2.45, 2.75) is 138 Å². The van der Waals surface area contributed by atoms with Crippen molar-refractivity contribution in [2.75, 3.05) is 101 Å². The highest BCUT2D eigenvalue weighted by Crippen LogP contribution is 2.38. The molecule has 5 amide bonds. The minimum atomic E-state index is -0.312. The molecule has 20 nitrogen and oxygen atoms in total. The van der Waals surface area contributed by atoms with E-state index >= 15 is 0 Å². The SMILES string of the molecule is CN1CCc2c(c3cc(Cl)ccc3n2CC(=O)N(C)C)C1.CN1CCc2c(c3cc(Cl)ccc3n2CC(N)=O)C1.CN1CCc2c(c3cc(Cl)ccc3n2CCC(=O)N(C)C)C1.Cc1ccc(NC(=O)CCn2c3c(c4cc(C)ccc42)CN(C)CC3)cc1.Cc1ccc2c(c1)c1c(n2CCC(N)=O)CCN(C)C1. The van der Waals surface area contributed by atoms with E-state index in [0.717, 1.165) is 148 Å². The number of primary amides is 2. The van der Waals surface area contributed by atoms with Crippen molar-refractivity contribution in [1.29, 1.82) is 0 Å². The fraction of sp³-hybridized carbons (Fsp3) is 0.407. The van der Waals surface area contributed by atoms with Crippen molar-refractivity contribution in [3.05, 3.63) is 203 Å². The first-order valence-corrected chi connectivity index (χ1v) is 39.1. The highest BCUT2D eigenvalue weighted by molar-refractivity contribution is 6.32. The summed E-state index contributed by atoms with van der Waals surface area (Å²) in [7, 11) is 17.9. The van der Waals surface area contributed by atoms with Crippen molar-refractivity contribution in [3.63, 3.8) is 0 Å². The zero-order chi connectivity index (χ0) is 77.8. The summed E-state index contributed by atoms with van der Waals surface area (Å²) in [5.74, 6) is -0.204. The van der Waals surface area contributed by atoms with Gasteiger partial charge in [-0.25, -0.2) is 0 Å².